The minimum atomic E-state index is -2.73. The van der Waals surface area contributed by atoms with E-state index in [0.717, 1.165) is 0 Å². The van der Waals surface area contributed by atoms with Gasteiger partial charge in [0.1, 0.15) is 28.6 Å². The molecule has 41 heavy (non-hydrogen) atoms. The number of fused-ring (bicyclic) bond motifs is 3. The minimum absolute atomic E-state index is 0.0562. The monoisotopic (exact) mass is 563 g/mol. The van der Waals surface area contributed by atoms with Crippen molar-refractivity contribution in [2.24, 2.45) is 23.3 Å². The van der Waals surface area contributed by atoms with Crippen LogP contribution in [-0.2, 0) is 20.8 Å². The second-order valence-corrected chi connectivity index (χ2v) is 10.7. The predicted molar refractivity (Wildman–Crippen MR) is 145 cm³/mol. The maximum atomic E-state index is 14.0. The van der Waals surface area contributed by atoms with Crippen molar-refractivity contribution < 1.29 is 44.3 Å². The number of ketones is 2. The number of nitrogens with zero attached hydrogens (tertiary/aromatic N) is 1. The lowest BCUT2D eigenvalue weighted by Gasteiger charge is -2.50. The largest absolute Gasteiger partial charge is 0.508 e. The van der Waals surface area contributed by atoms with Crippen LogP contribution < -0.4 is 16.2 Å². The molecule has 0 heterocycles. The van der Waals surface area contributed by atoms with Crippen molar-refractivity contribution in [2.45, 2.75) is 24.5 Å². The van der Waals surface area contributed by atoms with Crippen molar-refractivity contribution in [3.63, 3.8) is 0 Å². The molecule has 0 radical (unpaired) electrons. The number of benzene rings is 2. The summed E-state index contributed by atoms with van der Waals surface area (Å²) in [5, 5.41) is 44.9. The van der Waals surface area contributed by atoms with Crippen LogP contribution in [-0.4, -0.2) is 81.6 Å². The Hall–Kier alpha value is -4.68. The molecule has 0 spiro atoms. The van der Waals surface area contributed by atoms with Gasteiger partial charge in [0.2, 0.25) is 11.7 Å². The van der Waals surface area contributed by atoms with Crippen molar-refractivity contribution in [1.29, 1.82) is 0 Å². The van der Waals surface area contributed by atoms with E-state index in [1.54, 1.807) is 12.1 Å². The second kappa shape index (κ2) is 9.46. The van der Waals surface area contributed by atoms with Gasteiger partial charge in [-0.15, -0.1) is 0 Å². The molecule has 2 amide bonds. The van der Waals surface area contributed by atoms with Gasteiger partial charge in [-0.2, -0.15) is 0 Å². The summed E-state index contributed by atoms with van der Waals surface area (Å²) in [4.78, 5) is 52.7. The van der Waals surface area contributed by atoms with Gasteiger partial charge in [0.05, 0.1) is 18.7 Å². The molecule has 2 aromatic rings. The van der Waals surface area contributed by atoms with Crippen LogP contribution in [0.2, 0.25) is 0 Å². The maximum Gasteiger partial charge on any atom is 0.255 e. The highest BCUT2D eigenvalue weighted by atomic mass is 16.5. The fraction of sp³-hybridized carbons (Fsp3) is 0.310. The number of aliphatic hydroxyl groups is 3. The van der Waals surface area contributed by atoms with E-state index in [0.29, 0.717) is 22.4 Å². The first kappa shape index (κ1) is 27.9. The molecule has 0 aliphatic heterocycles. The number of aromatic hydroxyl groups is 1. The normalized spacial score (nSPS) is 25.5. The number of amides is 2. The fourth-order valence-electron chi connectivity index (χ4n) is 6.57. The molecule has 0 saturated heterocycles. The molecular weight excluding hydrogens is 534 g/mol. The van der Waals surface area contributed by atoms with Crippen molar-refractivity contribution in [3.8, 4) is 22.6 Å². The Morgan fingerprint density at radius 1 is 1.02 bits per heavy atom. The molecule has 5 rings (SSSR count). The summed E-state index contributed by atoms with van der Waals surface area (Å²) < 4.78 is 5.49. The molecule has 1 fully saturated rings. The van der Waals surface area contributed by atoms with Gasteiger partial charge in [-0.25, -0.2) is 0 Å². The molecule has 214 valence electrons. The van der Waals surface area contributed by atoms with E-state index >= 15 is 0 Å². The Bertz CT molecular complexity index is 1620. The number of ether oxygens (including phenoxy) is 1. The predicted octanol–water partition coefficient (Wildman–Crippen LogP) is 0.739. The Balaban J connectivity index is 1.76. The molecule has 3 aliphatic carbocycles. The third-order valence-electron chi connectivity index (χ3n) is 8.38. The number of aliphatic hydroxyl groups excluding tert-OH is 2. The van der Waals surface area contributed by atoms with Crippen LogP contribution in [0.15, 0.2) is 47.2 Å². The number of phenols is 1. The van der Waals surface area contributed by atoms with E-state index in [9.17, 15) is 39.6 Å². The molecule has 3 aliphatic rings. The standard InChI is InChI=1S/C29H29N3O9/c1-32(2)22-16-10-12-9-15-13(14-8-11(27(30)38)4-7-18(14)41-3)5-6-17(33)20(15)23(34)19(12)25(36)29(16,40)26(37)21(24(22)35)28(31)39/h4-8,12,16,22,33-34,37,40H,9-10H2,1-3H3,(H2,30,38)(H2,31,39)/t12-,16-,22-,29-/m0/s1. The van der Waals surface area contributed by atoms with E-state index in [1.807, 2.05) is 0 Å². The molecular formula is C29H29N3O9. The summed E-state index contributed by atoms with van der Waals surface area (Å²) in [6, 6.07) is 6.26. The smallest absolute Gasteiger partial charge is 0.255 e. The average Bonchev–Trinajstić information content (AvgIpc) is 2.90. The lowest BCUT2D eigenvalue weighted by atomic mass is 9.57. The molecule has 4 atom stereocenters. The first-order valence-corrected chi connectivity index (χ1v) is 12.7. The van der Waals surface area contributed by atoms with Crippen LogP contribution in [0.1, 0.15) is 27.9 Å². The molecule has 12 heteroatoms. The quantitative estimate of drug-likeness (QED) is 0.281. The van der Waals surface area contributed by atoms with Crippen LogP contribution in [0.5, 0.6) is 11.5 Å². The Morgan fingerprint density at radius 2 is 1.71 bits per heavy atom. The van der Waals surface area contributed by atoms with Crippen molar-refractivity contribution in [3.05, 3.63) is 63.9 Å². The lowest BCUT2D eigenvalue weighted by Crippen LogP contribution is -2.65. The van der Waals surface area contributed by atoms with Crippen LogP contribution in [0.4, 0.5) is 0 Å². The highest BCUT2D eigenvalue weighted by molar-refractivity contribution is 6.24. The van der Waals surface area contributed by atoms with Gasteiger partial charge in [0, 0.05) is 22.6 Å². The first-order chi connectivity index (χ1) is 19.2. The lowest BCUT2D eigenvalue weighted by molar-refractivity contribution is -0.153. The number of nitrogens with two attached hydrogens (primary N) is 2. The molecule has 0 unspecified atom stereocenters. The van der Waals surface area contributed by atoms with Gasteiger partial charge in [-0.1, -0.05) is 6.07 Å². The molecule has 8 N–H and O–H groups in total. The summed E-state index contributed by atoms with van der Waals surface area (Å²) in [7, 11) is 4.50. The van der Waals surface area contributed by atoms with Crippen LogP contribution in [0, 0.1) is 11.8 Å². The van der Waals surface area contributed by atoms with Crippen molar-refractivity contribution in [1.82, 2.24) is 4.90 Å². The fourth-order valence-corrected chi connectivity index (χ4v) is 6.57. The molecule has 0 aromatic heterocycles. The maximum absolute atomic E-state index is 14.0. The zero-order valence-corrected chi connectivity index (χ0v) is 22.5. The SMILES string of the molecule is COc1ccc(C(N)=O)cc1-c1ccc(O)c2c1C[C@H]1C[C@H]3[C@H](N(C)C)C(=O)C(C(N)=O)=C(O)[C@@]3(O)C(=O)C1=C2O. The number of methoxy groups -OCH3 is 1. The number of primary amides is 2. The van der Waals surface area contributed by atoms with E-state index < -0.39 is 64.0 Å². The second-order valence-electron chi connectivity index (χ2n) is 10.7. The summed E-state index contributed by atoms with van der Waals surface area (Å²) in [5.41, 5.74) is 8.45. The Morgan fingerprint density at radius 3 is 2.29 bits per heavy atom. The van der Waals surface area contributed by atoms with Crippen LogP contribution in [0.3, 0.4) is 0 Å². The van der Waals surface area contributed by atoms with Gasteiger partial charge in [-0.05, 0) is 68.2 Å². The number of carbonyl (C=O) groups is 4. The number of likely N-dealkylation sites (N-methyl/N-ethyl adjacent to an activating group) is 1. The van der Waals surface area contributed by atoms with Crippen molar-refractivity contribution >= 4 is 29.1 Å². The van der Waals surface area contributed by atoms with Gasteiger partial charge >= 0.3 is 0 Å². The van der Waals surface area contributed by atoms with E-state index in [2.05, 4.69) is 0 Å². The number of hydrogen-bond acceptors (Lipinski definition) is 10. The number of carbonyl (C=O) groups excluding carboxylic acids is 4. The summed E-state index contributed by atoms with van der Waals surface area (Å²) in [6.07, 6.45) is 0.0154. The van der Waals surface area contributed by atoms with Gasteiger partial charge in [0.15, 0.2) is 11.4 Å². The minimum Gasteiger partial charge on any atom is -0.508 e. The third-order valence-corrected chi connectivity index (χ3v) is 8.38. The van der Waals surface area contributed by atoms with E-state index in [1.165, 1.54) is 44.3 Å². The molecule has 2 aromatic carbocycles. The Labute approximate surface area is 234 Å². The van der Waals surface area contributed by atoms with E-state index in [-0.39, 0.29) is 35.3 Å². The highest BCUT2D eigenvalue weighted by Crippen LogP contribution is 2.54. The zero-order chi connectivity index (χ0) is 30.1. The average molecular weight is 564 g/mol. The molecule has 0 bridgehead atoms. The highest BCUT2D eigenvalue weighted by Gasteiger charge is 2.64. The Kier molecular flexibility index (Phi) is 6.43. The van der Waals surface area contributed by atoms with Gasteiger partial charge in [0.25, 0.3) is 5.91 Å². The summed E-state index contributed by atoms with van der Waals surface area (Å²) in [6.45, 7) is 0. The van der Waals surface area contributed by atoms with Crippen molar-refractivity contribution in [2.75, 3.05) is 21.2 Å². The number of rotatable bonds is 5. The topological polar surface area (TPSA) is 214 Å². The summed E-state index contributed by atoms with van der Waals surface area (Å²) >= 11 is 0. The van der Waals surface area contributed by atoms with E-state index in [4.69, 9.17) is 16.2 Å². The van der Waals surface area contributed by atoms with Crippen LogP contribution in [0.25, 0.3) is 16.9 Å². The molecule has 12 nitrogen and oxygen atoms in total. The summed E-state index contributed by atoms with van der Waals surface area (Å²) in [5.74, 6) is -7.62. The van der Waals surface area contributed by atoms with Crippen LogP contribution >= 0.6 is 0 Å². The first-order valence-electron chi connectivity index (χ1n) is 12.7. The number of phenolic OH excluding ortho intramolecular Hbond substituents is 1. The number of hydrogen-bond donors (Lipinski definition) is 6. The third kappa shape index (κ3) is 3.82. The van der Waals surface area contributed by atoms with Gasteiger partial charge in [-0.3, -0.25) is 24.1 Å². The van der Waals surface area contributed by atoms with Gasteiger partial charge < -0.3 is 36.6 Å². The zero-order valence-electron chi connectivity index (χ0n) is 22.5. The molecule has 1 saturated carbocycles. The number of Topliss-reactive ketones (excluding diaryl/α,β-unsaturated/α-hetero) is 2.